The van der Waals surface area contributed by atoms with E-state index in [1.807, 2.05) is 18.2 Å². The second-order valence-corrected chi connectivity index (χ2v) is 4.00. The zero-order chi connectivity index (χ0) is 11.0. The van der Waals surface area contributed by atoms with E-state index in [-0.39, 0.29) is 5.91 Å². The molecule has 0 saturated carbocycles. The Morgan fingerprint density at radius 1 is 1.25 bits per heavy atom. The molecule has 3 nitrogen and oxygen atoms in total. The minimum Gasteiger partial charge on any atom is -0.384 e. The highest BCUT2D eigenvalue weighted by molar-refractivity contribution is 6.29. The fourth-order valence-corrected chi connectivity index (χ4v) is 2.21. The van der Waals surface area contributed by atoms with Gasteiger partial charge < -0.3 is 5.32 Å². The van der Waals surface area contributed by atoms with Gasteiger partial charge in [-0.2, -0.15) is 0 Å². The van der Waals surface area contributed by atoms with Gasteiger partial charge in [0.2, 0.25) is 5.91 Å². The minimum absolute atomic E-state index is 0.0295. The van der Waals surface area contributed by atoms with Crippen LogP contribution in [0.3, 0.4) is 0 Å². The summed E-state index contributed by atoms with van der Waals surface area (Å²) in [7, 11) is 0. The summed E-state index contributed by atoms with van der Waals surface area (Å²) in [6.45, 7) is 0.834. The number of nitrogens with zero attached hydrogens (tertiary/aromatic N) is 1. The van der Waals surface area contributed by atoms with Crippen LogP contribution in [0.2, 0.25) is 0 Å². The van der Waals surface area contributed by atoms with E-state index in [0.29, 0.717) is 6.42 Å². The number of benzene rings is 1. The van der Waals surface area contributed by atoms with Gasteiger partial charge in [0.15, 0.2) is 0 Å². The highest BCUT2D eigenvalue weighted by Gasteiger charge is 2.20. The second-order valence-electron chi connectivity index (χ2n) is 4.00. The summed E-state index contributed by atoms with van der Waals surface area (Å²) in [6.07, 6.45) is 3.23. The van der Waals surface area contributed by atoms with Crippen LogP contribution in [0, 0.1) is 0 Å². The molecule has 0 aliphatic carbocycles. The molecule has 16 heavy (non-hydrogen) atoms. The summed E-state index contributed by atoms with van der Waals surface area (Å²) in [6, 6.07) is 8.17. The number of rotatable bonds is 0. The van der Waals surface area contributed by atoms with E-state index < -0.39 is 0 Å². The Labute approximate surface area is 93.9 Å². The van der Waals surface area contributed by atoms with Crippen LogP contribution in [0.5, 0.6) is 0 Å². The molecule has 1 amide bonds. The summed E-state index contributed by atoms with van der Waals surface area (Å²) in [5.74, 6) is -0.0295. The van der Waals surface area contributed by atoms with Gasteiger partial charge in [0.05, 0.1) is 5.71 Å². The fraction of sp³-hybridized carbons (Fsp3) is 0.231. The van der Waals surface area contributed by atoms with Crippen molar-refractivity contribution in [3.8, 4) is 0 Å². The molecule has 3 rings (SSSR count). The molecule has 2 heterocycles. The summed E-state index contributed by atoms with van der Waals surface area (Å²) >= 11 is 0. The van der Waals surface area contributed by atoms with E-state index in [9.17, 15) is 4.79 Å². The number of dihydropyridines is 1. The van der Waals surface area contributed by atoms with E-state index in [0.717, 1.165) is 35.5 Å². The van der Waals surface area contributed by atoms with Gasteiger partial charge in [-0.15, -0.1) is 0 Å². The van der Waals surface area contributed by atoms with Gasteiger partial charge in [-0.1, -0.05) is 24.3 Å². The maximum absolute atomic E-state index is 11.3. The molecule has 0 saturated heterocycles. The third-order valence-corrected chi connectivity index (χ3v) is 2.95. The number of carbonyl (C=O) groups excluding carboxylic acids is 1. The Hall–Kier alpha value is -1.90. The Bertz CT molecular complexity index is 514. The van der Waals surface area contributed by atoms with Crippen LogP contribution in [0.15, 0.2) is 35.3 Å². The van der Waals surface area contributed by atoms with E-state index in [2.05, 4.69) is 22.4 Å². The van der Waals surface area contributed by atoms with Crippen molar-refractivity contribution < 1.29 is 4.79 Å². The molecule has 1 N–H and O–H groups in total. The molecule has 80 valence electrons. The third-order valence-electron chi connectivity index (χ3n) is 2.95. The zero-order valence-electron chi connectivity index (χ0n) is 8.86. The lowest BCUT2D eigenvalue weighted by atomic mass is 9.96. The van der Waals surface area contributed by atoms with Crippen LogP contribution < -0.4 is 5.32 Å². The van der Waals surface area contributed by atoms with Crippen molar-refractivity contribution in [3.05, 3.63) is 35.9 Å². The Morgan fingerprint density at radius 3 is 3.06 bits per heavy atom. The first-order chi connectivity index (χ1) is 7.84. The standard InChI is InChI=1S/C13H12N2O/c16-13-6-5-10-9-3-1-2-4-11(9)14-8-7-12(10)15-13/h1-5,14H,6-8H2. The number of hydrogen-bond acceptors (Lipinski definition) is 2. The lowest BCUT2D eigenvalue weighted by Gasteiger charge is -2.12. The van der Waals surface area contributed by atoms with Crippen LogP contribution in [0.25, 0.3) is 5.57 Å². The first-order valence-electron chi connectivity index (χ1n) is 5.49. The number of amides is 1. The summed E-state index contributed by atoms with van der Waals surface area (Å²) in [5.41, 5.74) is 4.34. The van der Waals surface area contributed by atoms with Crippen molar-refractivity contribution in [3.63, 3.8) is 0 Å². The number of anilines is 1. The average molecular weight is 212 g/mol. The quantitative estimate of drug-likeness (QED) is 0.716. The highest BCUT2D eigenvalue weighted by atomic mass is 16.1. The Kier molecular flexibility index (Phi) is 2.10. The molecule has 0 atom stereocenters. The normalized spacial score (nSPS) is 18.6. The predicted molar refractivity (Wildman–Crippen MR) is 64.6 cm³/mol. The van der Waals surface area contributed by atoms with E-state index in [1.165, 1.54) is 0 Å². The number of aliphatic imine (C=N–C) groups is 1. The second kappa shape index (κ2) is 3.59. The van der Waals surface area contributed by atoms with E-state index in [1.54, 1.807) is 0 Å². The Morgan fingerprint density at radius 2 is 2.12 bits per heavy atom. The summed E-state index contributed by atoms with van der Waals surface area (Å²) in [5, 5.41) is 3.36. The Balaban J connectivity index is 2.16. The van der Waals surface area contributed by atoms with Crippen molar-refractivity contribution in [1.82, 2.24) is 0 Å². The minimum atomic E-state index is -0.0295. The predicted octanol–water partition coefficient (Wildman–Crippen LogP) is 2.26. The number of nitrogens with one attached hydrogen (secondary N) is 1. The molecule has 0 aromatic heterocycles. The first-order valence-corrected chi connectivity index (χ1v) is 5.49. The van der Waals surface area contributed by atoms with Crippen LogP contribution in [0.1, 0.15) is 18.4 Å². The summed E-state index contributed by atoms with van der Waals surface area (Å²) in [4.78, 5) is 15.4. The molecule has 0 spiro atoms. The van der Waals surface area contributed by atoms with Crippen molar-refractivity contribution in [2.45, 2.75) is 12.8 Å². The highest BCUT2D eigenvalue weighted by Crippen LogP contribution is 2.30. The van der Waals surface area contributed by atoms with E-state index in [4.69, 9.17) is 0 Å². The molecular weight excluding hydrogens is 200 g/mol. The molecule has 1 aromatic carbocycles. The number of hydrogen-bond donors (Lipinski definition) is 1. The van der Waals surface area contributed by atoms with Gasteiger partial charge in [-0.3, -0.25) is 4.79 Å². The molecule has 0 fully saturated rings. The van der Waals surface area contributed by atoms with Gasteiger partial charge >= 0.3 is 0 Å². The molecule has 3 heteroatoms. The molecule has 0 bridgehead atoms. The fourth-order valence-electron chi connectivity index (χ4n) is 2.21. The number of allylic oxidation sites excluding steroid dienone is 1. The third kappa shape index (κ3) is 1.45. The lowest BCUT2D eigenvalue weighted by Crippen LogP contribution is -2.11. The van der Waals surface area contributed by atoms with E-state index >= 15 is 0 Å². The molecule has 1 aromatic rings. The zero-order valence-corrected chi connectivity index (χ0v) is 8.86. The lowest BCUT2D eigenvalue weighted by molar-refractivity contribution is -0.117. The van der Waals surface area contributed by atoms with Crippen molar-refractivity contribution in [2.75, 3.05) is 11.9 Å². The maximum Gasteiger partial charge on any atom is 0.249 e. The topological polar surface area (TPSA) is 41.5 Å². The molecule has 0 radical (unpaired) electrons. The molecule has 2 aliphatic heterocycles. The van der Waals surface area contributed by atoms with Crippen molar-refractivity contribution >= 4 is 22.9 Å². The summed E-state index contributed by atoms with van der Waals surface area (Å²) < 4.78 is 0. The van der Waals surface area contributed by atoms with Gasteiger partial charge in [-0.25, -0.2) is 4.99 Å². The van der Waals surface area contributed by atoms with Crippen molar-refractivity contribution in [1.29, 1.82) is 0 Å². The van der Waals surface area contributed by atoms with Gasteiger partial charge in [-0.05, 0) is 6.07 Å². The van der Waals surface area contributed by atoms with Crippen molar-refractivity contribution in [2.24, 2.45) is 4.99 Å². The molecular formula is C13H12N2O. The van der Waals surface area contributed by atoms with Gasteiger partial charge in [0, 0.05) is 36.2 Å². The van der Waals surface area contributed by atoms with Crippen LogP contribution in [0.4, 0.5) is 5.69 Å². The smallest absolute Gasteiger partial charge is 0.249 e. The molecule has 2 aliphatic rings. The largest absolute Gasteiger partial charge is 0.384 e. The monoisotopic (exact) mass is 212 g/mol. The number of fused-ring (bicyclic) bond motifs is 3. The SMILES string of the molecule is O=C1CC=C2C(=N1)CCNc1ccccc12. The number of carbonyl (C=O) groups is 1. The maximum atomic E-state index is 11.3. The van der Waals surface area contributed by atoms with Crippen LogP contribution >= 0.6 is 0 Å². The van der Waals surface area contributed by atoms with Crippen LogP contribution in [-0.2, 0) is 4.79 Å². The first kappa shape index (κ1) is 9.33. The van der Waals surface area contributed by atoms with Crippen LogP contribution in [-0.4, -0.2) is 18.2 Å². The van der Waals surface area contributed by atoms with Gasteiger partial charge in [0.25, 0.3) is 0 Å². The molecule has 0 unspecified atom stereocenters. The average Bonchev–Trinajstić information content (AvgIpc) is 2.47. The van der Waals surface area contributed by atoms with Gasteiger partial charge in [0.1, 0.15) is 0 Å². The number of para-hydroxylation sites is 1.